The van der Waals surface area contributed by atoms with Crippen molar-refractivity contribution in [3.63, 3.8) is 0 Å². The topological polar surface area (TPSA) is 93.3 Å². The van der Waals surface area contributed by atoms with E-state index < -0.39 is 10.9 Å². The summed E-state index contributed by atoms with van der Waals surface area (Å²) >= 11 is 7.31. The summed E-state index contributed by atoms with van der Waals surface area (Å²) in [5, 5.41) is 20.4. The largest absolute Gasteiger partial charge is 0.478 e. The molecule has 0 aliphatic heterocycles. The number of halogens is 2. The van der Waals surface area contributed by atoms with Crippen molar-refractivity contribution in [3.8, 4) is 0 Å². The van der Waals surface area contributed by atoms with Crippen molar-refractivity contribution < 1.29 is 14.8 Å². The van der Waals surface area contributed by atoms with Crippen LogP contribution in [0.2, 0.25) is 0 Å². The van der Waals surface area contributed by atoms with Crippen LogP contribution in [0.3, 0.4) is 0 Å². The maximum Gasteiger partial charge on any atom is 0.336 e. The zero-order valence-electron chi connectivity index (χ0n) is 10.1. The number of benzene rings is 1. The molecule has 0 spiro atoms. The van der Waals surface area contributed by atoms with Crippen LogP contribution >= 0.6 is 43.6 Å². The number of nitro groups is 1. The van der Waals surface area contributed by atoms with Crippen molar-refractivity contribution in [2.24, 2.45) is 0 Å². The highest BCUT2D eigenvalue weighted by Gasteiger charge is 2.20. The highest BCUT2D eigenvalue weighted by Crippen LogP contribution is 2.37. The predicted octanol–water partition coefficient (Wildman–Crippen LogP) is 4.36. The molecule has 0 aliphatic carbocycles. The maximum absolute atomic E-state index is 11.2. The Labute approximate surface area is 140 Å². The molecule has 0 amide bonds. The highest BCUT2D eigenvalue weighted by molar-refractivity contribution is 9.10. The van der Waals surface area contributed by atoms with E-state index in [4.69, 9.17) is 5.11 Å². The van der Waals surface area contributed by atoms with E-state index in [9.17, 15) is 14.9 Å². The number of pyridine rings is 1. The zero-order valence-corrected chi connectivity index (χ0v) is 14.1. The van der Waals surface area contributed by atoms with Gasteiger partial charge in [0, 0.05) is 26.1 Å². The summed E-state index contributed by atoms with van der Waals surface area (Å²) < 4.78 is 1.15. The number of hydrogen-bond donors (Lipinski definition) is 1. The van der Waals surface area contributed by atoms with E-state index in [0.29, 0.717) is 13.8 Å². The molecule has 6 nitrogen and oxygen atoms in total. The molecule has 0 aliphatic rings. The van der Waals surface area contributed by atoms with Gasteiger partial charge in [0.15, 0.2) is 5.03 Å². The molecule has 0 unspecified atom stereocenters. The van der Waals surface area contributed by atoms with E-state index in [-0.39, 0.29) is 16.3 Å². The third kappa shape index (κ3) is 3.80. The van der Waals surface area contributed by atoms with Crippen LogP contribution in [0.25, 0.3) is 0 Å². The molecule has 0 radical (unpaired) electrons. The quantitative estimate of drug-likeness (QED) is 0.568. The summed E-state index contributed by atoms with van der Waals surface area (Å²) in [6.07, 6.45) is 1.42. The molecular weight excluding hydrogens is 428 g/mol. The van der Waals surface area contributed by atoms with Gasteiger partial charge in [0.05, 0.1) is 10.5 Å². The molecule has 1 aromatic heterocycles. The van der Waals surface area contributed by atoms with Crippen molar-refractivity contribution in [2.45, 2.75) is 9.92 Å². The van der Waals surface area contributed by atoms with Crippen LogP contribution in [-0.2, 0) is 0 Å². The number of aromatic nitrogens is 1. The Morgan fingerprint density at radius 1 is 1.29 bits per heavy atom. The number of carboxylic acids is 1. The van der Waals surface area contributed by atoms with Crippen LogP contribution in [-0.4, -0.2) is 21.0 Å². The molecular formula is C12H6Br2N2O4S. The average molecular weight is 434 g/mol. The second-order valence-electron chi connectivity index (χ2n) is 3.78. The van der Waals surface area contributed by atoms with Gasteiger partial charge >= 0.3 is 11.7 Å². The van der Waals surface area contributed by atoms with Gasteiger partial charge in [-0.25, -0.2) is 9.78 Å². The van der Waals surface area contributed by atoms with E-state index in [1.54, 1.807) is 12.1 Å². The summed E-state index contributed by atoms with van der Waals surface area (Å²) in [5.41, 5.74) is -0.132. The van der Waals surface area contributed by atoms with E-state index in [1.807, 2.05) is 0 Å². The number of aromatic carboxylic acids is 1. The summed E-state index contributed by atoms with van der Waals surface area (Å²) in [7, 11) is 0. The molecule has 21 heavy (non-hydrogen) atoms. The Balaban J connectivity index is 2.50. The van der Waals surface area contributed by atoms with Gasteiger partial charge < -0.3 is 5.11 Å². The molecule has 1 heterocycles. The first-order chi connectivity index (χ1) is 9.88. The van der Waals surface area contributed by atoms with Gasteiger partial charge in [-0.05, 0) is 34.1 Å². The number of hydrogen-bond acceptors (Lipinski definition) is 5. The standard InChI is InChI=1S/C12H6Br2N2O4S/c13-6-1-2-8(12(17)18)10(4-6)21-11-9(16(19)20)3-7(14)5-15-11/h1-5H,(H,17,18). The van der Waals surface area contributed by atoms with E-state index in [2.05, 4.69) is 36.8 Å². The lowest BCUT2D eigenvalue weighted by atomic mass is 10.2. The third-order valence-corrected chi connectivity index (χ3v) is 4.37. The lowest BCUT2D eigenvalue weighted by Crippen LogP contribution is -1.99. The zero-order chi connectivity index (χ0) is 15.6. The molecule has 0 fully saturated rings. The molecule has 0 saturated carbocycles. The molecule has 2 rings (SSSR count). The van der Waals surface area contributed by atoms with Gasteiger partial charge in [0.2, 0.25) is 0 Å². The van der Waals surface area contributed by atoms with Crippen LogP contribution < -0.4 is 0 Å². The molecule has 0 saturated heterocycles. The van der Waals surface area contributed by atoms with Crippen LogP contribution in [0, 0.1) is 10.1 Å². The maximum atomic E-state index is 11.2. The average Bonchev–Trinajstić information content (AvgIpc) is 2.40. The number of nitrogens with zero attached hydrogens (tertiary/aromatic N) is 2. The molecule has 108 valence electrons. The lowest BCUT2D eigenvalue weighted by molar-refractivity contribution is -0.388. The summed E-state index contributed by atoms with van der Waals surface area (Å²) in [4.78, 5) is 26.1. The van der Waals surface area contributed by atoms with Crippen molar-refractivity contribution in [1.82, 2.24) is 4.98 Å². The van der Waals surface area contributed by atoms with E-state index >= 15 is 0 Å². The van der Waals surface area contributed by atoms with Gasteiger partial charge in [0.1, 0.15) is 0 Å². The number of rotatable bonds is 4. The first kappa shape index (κ1) is 15.9. The van der Waals surface area contributed by atoms with Crippen molar-refractivity contribution in [1.29, 1.82) is 0 Å². The minimum atomic E-state index is -1.11. The van der Waals surface area contributed by atoms with Crippen molar-refractivity contribution in [3.05, 3.63) is 55.1 Å². The molecule has 9 heteroatoms. The Bertz CT molecular complexity index is 739. The SMILES string of the molecule is O=C(O)c1ccc(Br)cc1Sc1ncc(Br)cc1[N+](=O)[O-]. The molecule has 1 aromatic carbocycles. The Kier molecular flexibility index (Phi) is 4.96. The smallest absolute Gasteiger partial charge is 0.336 e. The highest BCUT2D eigenvalue weighted by atomic mass is 79.9. The Hall–Kier alpha value is -1.45. The monoisotopic (exact) mass is 432 g/mol. The van der Waals surface area contributed by atoms with Crippen LogP contribution in [0.1, 0.15) is 10.4 Å². The minimum absolute atomic E-state index is 0.0576. The first-order valence-electron chi connectivity index (χ1n) is 5.39. The van der Waals surface area contributed by atoms with Gasteiger partial charge in [0.25, 0.3) is 0 Å². The van der Waals surface area contributed by atoms with Crippen LogP contribution in [0.5, 0.6) is 0 Å². The summed E-state index contributed by atoms with van der Waals surface area (Å²) in [5.74, 6) is -1.11. The second-order valence-corrected chi connectivity index (χ2v) is 6.64. The summed E-state index contributed by atoms with van der Waals surface area (Å²) in [6.45, 7) is 0. The molecule has 0 atom stereocenters. The van der Waals surface area contributed by atoms with E-state index in [1.165, 1.54) is 18.3 Å². The fraction of sp³-hybridized carbons (Fsp3) is 0. The van der Waals surface area contributed by atoms with Gasteiger partial charge in [-0.3, -0.25) is 10.1 Å². The fourth-order valence-electron chi connectivity index (χ4n) is 1.49. The van der Waals surface area contributed by atoms with Crippen LogP contribution in [0.4, 0.5) is 5.69 Å². The van der Waals surface area contributed by atoms with E-state index in [0.717, 1.165) is 11.8 Å². The van der Waals surface area contributed by atoms with Gasteiger partial charge in [-0.15, -0.1) is 0 Å². The fourth-order valence-corrected chi connectivity index (χ4v) is 3.32. The molecule has 2 aromatic rings. The second kappa shape index (κ2) is 6.54. The molecule has 1 N–H and O–H groups in total. The van der Waals surface area contributed by atoms with Crippen molar-refractivity contribution in [2.75, 3.05) is 0 Å². The lowest BCUT2D eigenvalue weighted by Gasteiger charge is -2.06. The van der Waals surface area contributed by atoms with Crippen molar-refractivity contribution >= 4 is 55.3 Å². The Morgan fingerprint density at radius 2 is 2.00 bits per heavy atom. The number of carboxylic acid groups (broad SMARTS) is 1. The predicted molar refractivity (Wildman–Crippen MR) is 83.8 cm³/mol. The van der Waals surface area contributed by atoms with Gasteiger partial charge in [-0.2, -0.15) is 0 Å². The number of carbonyl (C=O) groups is 1. The summed E-state index contributed by atoms with van der Waals surface area (Å²) in [6, 6.07) is 5.94. The van der Waals surface area contributed by atoms with Gasteiger partial charge in [-0.1, -0.05) is 27.7 Å². The van der Waals surface area contributed by atoms with Crippen LogP contribution in [0.15, 0.2) is 49.3 Å². The normalized spacial score (nSPS) is 10.4. The third-order valence-electron chi connectivity index (χ3n) is 2.38. The minimum Gasteiger partial charge on any atom is -0.478 e. The molecule has 0 bridgehead atoms. The first-order valence-corrected chi connectivity index (χ1v) is 7.79. The Morgan fingerprint density at radius 3 is 2.62 bits per heavy atom.